The number of amides is 1. The van der Waals surface area contributed by atoms with Gasteiger partial charge in [0.05, 0.1) is 17.0 Å². The molecular weight excluding hydrogens is 438 g/mol. The van der Waals surface area contributed by atoms with E-state index in [2.05, 4.69) is 10.3 Å². The Morgan fingerprint density at radius 1 is 1.17 bits per heavy atom. The van der Waals surface area contributed by atoms with Gasteiger partial charge in [-0.3, -0.25) is 14.2 Å². The van der Waals surface area contributed by atoms with Gasteiger partial charge < -0.3 is 5.32 Å². The summed E-state index contributed by atoms with van der Waals surface area (Å²) in [6, 6.07) is 14.6. The molecule has 152 valence electrons. The number of thiophene rings is 1. The first-order chi connectivity index (χ1) is 14.4. The number of nitrogens with zero attached hydrogens (tertiary/aromatic N) is 2. The molecule has 1 amide bonds. The van der Waals surface area contributed by atoms with E-state index in [1.165, 1.54) is 23.1 Å². The molecule has 0 spiro atoms. The number of nitrogens with one attached hydrogen (secondary N) is 1. The summed E-state index contributed by atoms with van der Waals surface area (Å²) >= 11 is 8.57. The molecule has 0 bridgehead atoms. The van der Waals surface area contributed by atoms with E-state index in [4.69, 9.17) is 11.6 Å². The fraction of sp³-hybridized carbons (Fsp3) is 0.136. The summed E-state index contributed by atoms with van der Waals surface area (Å²) in [5.41, 5.74) is 4.11. The standard InChI is InChI=1S/C22H18ClN3O2S2/c1-13-6-7-17(10-14(13)2)26-21(28)20-18(8-9-29-20)25-22(26)30-12-19(27)24-16-5-3-4-15(23)11-16/h3-11H,12H2,1-2H3,(H,24,27). The molecule has 30 heavy (non-hydrogen) atoms. The molecule has 0 atom stereocenters. The zero-order valence-corrected chi connectivity index (χ0v) is 18.7. The SMILES string of the molecule is Cc1ccc(-n2c(SCC(=O)Nc3cccc(Cl)c3)nc3ccsc3c2=O)cc1C. The highest BCUT2D eigenvalue weighted by Crippen LogP contribution is 2.25. The van der Waals surface area contributed by atoms with Crippen molar-refractivity contribution in [1.82, 2.24) is 9.55 Å². The molecule has 0 aliphatic rings. The highest BCUT2D eigenvalue weighted by molar-refractivity contribution is 7.99. The molecule has 0 fully saturated rings. The molecule has 0 aliphatic carbocycles. The van der Waals surface area contributed by atoms with Crippen LogP contribution in [0.2, 0.25) is 5.02 Å². The second-order valence-corrected chi connectivity index (χ2v) is 9.08. The van der Waals surface area contributed by atoms with Crippen LogP contribution in [-0.4, -0.2) is 21.2 Å². The number of aryl methyl sites for hydroxylation is 2. The van der Waals surface area contributed by atoms with E-state index >= 15 is 0 Å². The Bertz CT molecular complexity index is 1310. The average molecular weight is 456 g/mol. The number of thioether (sulfide) groups is 1. The van der Waals surface area contributed by atoms with Crippen molar-refractivity contribution >= 4 is 56.5 Å². The molecule has 0 aliphatic heterocycles. The fourth-order valence-corrected chi connectivity index (χ4v) is 4.74. The monoisotopic (exact) mass is 455 g/mol. The summed E-state index contributed by atoms with van der Waals surface area (Å²) in [6.07, 6.45) is 0. The van der Waals surface area contributed by atoms with Crippen LogP contribution in [0.1, 0.15) is 11.1 Å². The summed E-state index contributed by atoms with van der Waals surface area (Å²) in [7, 11) is 0. The van der Waals surface area contributed by atoms with Crippen LogP contribution >= 0.6 is 34.7 Å². The van der Waals surface area contributed by atoms with Crippen LogP contribution in [0.3, 0.4) is 0 Å². The largest absolute Gasteiger partial charge is 0.325 e. The van der Waals surface area contributed by atoms with Gasteiger partial charge in [0.2, 0.25) is 5.91 Å². The predicted octanol–water partition coefficient (Wildman–Crippen LogP) is 5.45. The maximum Gasteiger partial charge on any atom is 0.276 e. The molecule has 2 heterocycles. The second-order valence-electron chi connectivity index (χ2n) is 6.79. The van der Waals surface area contributed by atoms with Gasteiger partial charge in [0, 0.05) is 10.7 Å². The molecule has 4 aromatic rings. The molecule has 8 heteroatoms. The van der Waals surface area contributed by atoms with E-state index in [1.54, 1.807) is 28.8 Å². The third-order valence-electron chi connectivity index (χ3n) is 4.64. The third-order valence-corrected chi connectivity index (χ3v) is 6.70. The van der Waals surface area contributed by atoms with E-state index in [-0.39, 0.29) is 17.2 Å². The number of rotatable bonds is 5. The third kappa shape index (κ3) is 4.28. The van der Waals surface area contributed by atoms with Crippen molar-refractivity contribution in [2.45, 2.75) is 19.0 Å². The van der Waals surface area contributed by atoms with Gasteiger partial charge in [-0.05, 0) is 66.8 Å². The van der Waals surface area contributed by atoms with E-state index in [1.807, 2.05) is 43.5 Å². The molecule has 2 aromatic heterocycles. The van der Waals surface area contributed by atoms with Gasteiger partial charge in [0.1, 0.15) is 4.70 Å². The molecule has 0 saturated heterocycles. The van der Waals surface area contributed by atoms with Crippen molar-refractivity contribution in [3.8, 4) is 5.69 Å². The Morgan fingerprint density at radius 2 is 2.00 bits per heavy atom. The number of hydrogen-bond donors (Lipinski definition) is 1. The summed E-state index contributed by atoms with van der Waals surface area (Å²) < 4.78 is 2.18. The maximum absolute atomic E-state index is 13.2. The van der Waals surface area contributed by atoms with E-state index in [0.717, 1.165) is 16.8 Å². The van der Waals surface area contributed by atoms with Gasteiger partial charge in [-0.1, -0.05) is 35.5 Å². The lowest BCUT2D eigenvalue weighted by Gasteiger charge is -2.13. The zero-order valence-electron chi connectivity index (χ0n) is 16.3. The Morgan fingerprint density at radius 3 is 2.77 bits per heavy atom. The normalized spacial score (nSPS) is 11.0. The van der Waals surface area contributed by atoms with Crippen LogP contribution in [0.15, 0.2) is 63.9 Å². The van der Waals surface area contributed by atoms with Gasteiger partial charge in [-0.15, -0.1) is 11.3 Å². The molecule has 4 rings (SSSR count). The topological polar surface area (TPSA) is 64.0 Å². The number of halogens is 1. The lowest BCUT2D eigenvalue weighted by atomic mass is 10.1. The molecule has 2 aromatic carbocycles. The number of carbonyl (C=O) groups is 1. The number of benzene rings is 2. The number of anilines is 1. The minimum atomic E-state index is -0.200. The van der Waals surface area contributed by atoms with Crippen molar-refractivity contribution in [1.29, 1.82) is 0 Å². The first kappa shape index (κ1) is 20.7. The molecule has 0 radical (unpaired) electrons. The minimum Gasteiger partial charge on any atom is -0.325 e. The number of hydrogen-bond acceptors (Lipinski definition) is 5. The highest BCUT2D eigenvalue weighted by Gasteiger charge is 2.16. The highest BCUT2D eigenvalue weighted by atomic mass is 35.5. The van der Waals surface area contributed by atoms with Crippen LogP contribution in [0.4, 0.5) is 5.69 Å². The Kier molecular flexibility index (Phi) is 5.94. The van der Waals surface area contributed by atoms with Crippen molar-refractivity contribution in [2.75, 3.05) is 11.1 Å². The van der Waals surface area contributed by atoms with E-state index < -0.39 is 0 Å². The summed E-state index contributed by atoms with van der Waals surface area (Å²) in [6.45, 7) is 4.03. The Balaban J connectivity index is 1.66. The number of carbonyl (C=O) groups excluding carboxylic acids is 1. The molecule has 5 nitrogen and oxygen atoms in total. The minimum absolute atomic E-state index is 0.111. The van der Waals surface area contributed by atoms with Gasteiger partial charge in [-0.2, -0.15) is 0 Å². The molecular formula is C22H18ClN3O2S2. The van der Waals surface area contributed by atoms with Gasteiger partial charge >= 0.3 is 0 Å². The van der Waals surface area contributed by atoms with Gasteiger partial charge in [-0.25, -0.2) is 4.98 Å². The maximum atomic E-state index is 13.2. The van der Waals surface area contributed by atoms with Crippen LogP contribution < -0.4 is 10.9 Å². The quantitative estimate of drug-likeness (QED) is 0.321. The smallest absolute Gasteiger partial charge is 0.276 e. The number of aromatic nitrogens is 2. The predicted molar refractivity (Wildman–Crippen MR) is 125 cm³/mol. The van der Waals surface area contributed by atoms with Crippen molar-refractivity contribution in [2.24, 2.45) is 0 Å². The fourth-order valence-electron chi connectivity index (χ4n) is 2.97. The van der Waals surface area contributed by atoms with Crippen molar-refractivity contribution in [3.05, 3.63) is 80.4 Å². The summed E-state index contributed by atoms with van der Waals surface area (Å²) in [5.74, 6) is -0.0898. The molecule has 1 N–H and O–H groups in total. The summed E-state index contributed by atoms with van der Waals surface area (Å²) in [4.78, 5) is 30.3. The first-order valence-electron chi connectivity index (χ1n) is 9.18. The lowest BCUT2D eigenvalue weighted by Crippen LogP contribution is -2.22. The van der Waals surface area contributed by atoms with Crippen molar-refractivity contribution < 1.29 is 4.79 Å². The van der Waals surface area contributed by atoms with Crippen LogP contribution in [0, 0.1) is 13.8 Å². The van der Waals surface area contributed by atoms with Gasteiger partial charge in [0.15, 0.2) is 5.16 Å². The van der Waals surface area contributed by atoms with Crippen LogP contribution in [0.25, 0.3) is 15.9 Å². The van der Waals surface area contributed by atoms with Crippen molar-refractivity contribution in [3.63, 3.8) is 0 Å². The second kappa shape index (κ2) is 8.63. The lowest BCUT2D eigenvalue weighted by molar-refractivity contribution is -0.113. The number of fused-ring (bicyclic) bond motifs is 1. The Hall–Kier alpha value is -2.61. The average Bonchev–Trinajstić information content (AvgIpc) is 3.18. The molecule has 0 saturated carbocycles. The Labute approximate surface area is 186 Å². The molecule has 0 unspecified atom stereocenters. The van der Waals surface area contributed by atoms with Crippen LogP contribution in [-0.2, 0) is 4.79 Å². The summed E-state index contributed by atoms with van der Waals surface area (Å²) in [5, 5.41) is 5.70. The van der Waals surface area contributed by atoms with E-state index in [9.17, 15) is 9.59 Å². The van der Waals surface area contributed by atoms with Crippen LogP contribution in [0.5, 0.6) is 0 Å². The zero-order chi connectivity index (χ0) is 21.3. The van der Waals surface area contributed by atoms with Gasteiger partial charge in [0.25, 0.3) is 5.56 Å². The van der Waals surface area contributed by atoms with E-state index in [0.29, 0.717) is 26.1 Å². The first-order valence-corrected chi connectivity index (χ1v) is 11.4.